The minimum absolute atomic E-state index is 0. The smallest absolute Gasteiger partial charge is 0.401 e. The molecule has 1 rings (SSSR count). The van der Waals surface area contributed by atoms with Crippen LogP contribution in [-0.2, 0) is 6.42 Å². The van der Waals surface area contributed by atoms with Crippen molar-refractivity contribution >= 4 is 12.4 Å². The fourth-order valence-electron chi connectivity index (χ4n) is 1.26. The molecular weight excluding hydrogens is 255 g/mol. The first kappa shape index (κ1) is 16.1. The van der Waals surface area contributed by atoms with Crippen molar-refractivity contribution in [3.63, 3.8) is 0 Å². The quantitative estimate of drug-likeness (QED) is 0.830. The number of halogens is 4. The molecule has 0 aliphatic heterocycles. The number of alkyl halides is 3. The summed E-state index contributed by atoms with van der Waals surface area (Å²) in [6, 6.07) is 7.26. The molecule has 1 aromatic rings. The average Bonchev–Trinajstić information content (AvgIpc) is 2.24. The van der Waals surface area contributed by atoms with Gasteiger partial charge in [-0.2, -0.15) is 13.2 Å². The van der Waals surface area contributed by atoms with Crippen LogP contribution >= 0.6 is 12.4 Å². The van der Waals surface area contributed by atoms with Crippen LogP contribution < -0.4 is 10.1 Å². The fourth-order valence-corrected chi connectivity index (χ4v) is 1.26. The Bertz CT molecular complexity index is 313. The van der Waals surface area contributed by atoms with Gasteiger partial charge in [0.2, 0.25) is 0 Å². The zero-order valence-corrected chi connectivity index (χ0v) is 10.2. The summed E-state index contributed by atoms with van der Waals surface area (Å²) in [4.78, 5) is 0. The van der Waals surface area contributed by atoms with Crippen molar-refractivity contribution < 1.29 is 17.9 Å². The minimum atomic E-state index is -4.14. The second-order valence-electron chi connectivity index (χ2n) is 3.39. The molecule has 0 amide bonds. The van der Waals surface area contributed by atoms with Gasteiger partial charge in [-0.25, -0.2) is 0 Å². The van der Waals surface area contributed by atoms with E-state index in [2.05, 4.69) is 5.32 Å². The van der Waals surface area contributed by atoms with Crippen molar-refractivity contribution in [3.8, 4) is 5.75 Å². The Labute approximate surface area is 105 Å². The molecule has 1 aromatic carbocycles. The number of ether oxygens (including phenoxy) is 1. The molecule has 6 heteroatoms. The average molecular weight is 270 g/mol. The molecule has 0 atom stereocenters. The van der Waals surface area contributed by atoms with Gasteiger partial charge in [0, 0.05) is 0 Å². The second-order valence-corrected chi connectivity index (χ2v) is 3.39. The highest BCUT2D eigenvalue weighted by Crippen LogP contribution is 2.13. The van der Waals surface area contributed by atoms with Crippen LogP contribution in [0.3, 0.4) is 0 Å². The number of methoxy groups -OCH3 is 1. The highest BCUT2D eigenvalue weighted by Gasteiger charge is 2.25. The molecule has 0 radical (unpaired) electrons. The minimum Gasteiger partial charge on any atom is -0.497 e. The first-order valence-electron chi connectivity index (χ1n) is 4.91. The maximum absolute atomic E-state index is 11.8. The molecule has 0 unspecified atom stereocenters. The number of nitrogens with one attached hydrogen (secondary N) is 1. The van der Waals surface area contributed by atoms with Crippen LogP contribution in [0.1, 0.15) is 5.56 Å². The van der Waals surface area contributed by atoms with E-state index >= 15 is 0 Å². The van der Waals surface area contributed by atoms with Crippen molar-refractivity contribution in [1.29, 1.82) is 0 Å². The van der Waals surface area contributed by atoms with E-state index in [0.717, 1.165) is 11.3 Å². The summed E-state index contributed by atoms with van der Waals surface area (Å²) in [5, 5.41) is 2.35. The summed E-state index contributed by atoms with van der Waals surface area (Å²) in [7, 11) is 1.57. The Balaban J connectivity index is 0.00000256. The summed E-state index contributed by atoms with van der Waals surface area (Å²) in [6.07, 6.45) is -3.57. The third kappa shape index (κ3) is 7.07. The molecule has 0 aliphatic rings. The standard InChI is InChI=1S/C11H14F3NO.ClH/c1-16-10-4-2-9(3-5-10)6-7-15-8-11(12,13)14;/h2-5,15H,6-8H2,1H3;1H. The van der Waals surface area contributed by atoms with E-state index in [0.29, 0.717) is 13.0 Å². The summed E-state index contributed by atoms with van der Waals surface area (Å²) < 4.78 is 40.4. The van der Waals surface area contributed by atoms with Gasteiger partial charge < -0.3 is 10.1 Å². The van der Waals surface area contributed by atoms with Gasteiger partial charge in [-0.15, -0.1) is 12.4 Å². The van der Waals surface area contributed by atoms with Crippen LogP contribution in [0, 0.1) is 0 Å². The van der Waals surface area contributed by atoms with Crippen LogP contribution in [0.4, 0.5) is 13.2 Å². The van der Waals surface area contributed by atoms with Gasteiger partial charge in [0.25, 0.3) is 0 Å². The molecule has 0 spiro atoms. The molecule has 0 saturated carbocycles. The highest BCUT2D eigenvalue weighted by atomic mass is 35.5. The Kier molecular flexibility index (Phi) is 6.99. The largest absolute Gasteiger partial charge is 0.497 e. The Hall–Kier alpha value is -0.940. The molecule has 0 bridgehead atoms. The zero-order valence-electron chi connectivity index (χ0n) is 9.38. The predicted octanol–water partition coefficient (Wildman–Crippen LogP) is 2.81. The lowest BCUT2D eigenvalue weighted by Crippen LogP contribution is -2.30. The summed E-state index contributed by atoms with van der Waals surface area (Å²) >= 11 is 0. The van der Waals surface area contributed by atoms with Crippen LogP contribution in [0.15, 0.2) is 24.3 Å². The topological polar surface area (TPSA) is 21.3 Å². The number of hydrogen-bond acceptors (Lipinski definition) is 2. The van der Waals surface area contributed by atoms with E-state index in [1.165, 1.54) is 0 Å². The van der Waals surface area contributed by atoms with Crippen LogP contribution in [0.5, 0.6) is 5.75 Å². The van der Waals surface area contributed by atoms with Crippen molar-refractivity contribution in [2.75, 3.05) is 20.2 Å². The second kappa shape index (κ2) is 7.40. The monoisotopic (exact) mass is 269 g/mol. The molecule has 17 heavy (non-hydrogen) atoms. The van der Waals surface area contributed by atoms with Gasteiger partial charge in [-0.05, 0) is 30.7 Å². The highest BCUT2D eigenvalue weighted by molar-refractivity contribution is 5.85. The summed E-state index contributed by atoms with van der Waals surface area (Å²) in [5.74, 6) is 0.743. The van der Waals surface area contributed by atoms with Crippen LogP contribution in [0.25, 0.3) is 0 Å². The first-order chi connectivity index (χ1) is 7.51. The predicted molar refractivity (Wildman–Crippen MR) is 62.9 cm³/mol. The number of hydrogen-bond donors (Lipinski definition) is 1. The third-order valence-corrected chi connectivity index (χ3v) is 2.07. The molecular formula is C11H15ClF3NO. The van der Waals surface area contributed by atoms with E-state index in [4.69, 9.17) is 4.74 Å². The van der Waals surface area contributed by atoms with E-state index in [1.807, 2.05) is 12.1 Å². The third-order valence-electron chi connectivity index (χ3n) is 2.07. The number of benzene rings is 1. The molecule has 1 N–H and O–H groups in total. The normalized spacial score (nSPS) is 10.8. The molecule has 98 valence electrons. The maximum Gasteiger partial charge on any atom is 0.401 e. The Morgan fingerprint density at radius 3 is 2.24 bits per heavy atom. The van der Waals surface area contributed by atoms with Gasteiger partial charge in [0.1, 0.15) is 5.75 Å². The summed E-state index contributed by atoms with van der Waals surface area (Å²) in [6.45, 7) is -0.630. The molecule has 2 nitrogen and oxygen atoms in total. The van der Waals surface area contributed by atoms with Gasteiger partial charge >= 0.3 is 6.18 Å². The molecule has 0 saturated heterocycles. The lowest BCUT2D eigenvalue weighted by Gasteiger charge is -2.08. The molecule has 0 heterocycles. The first-order valence-corrected chi connectivity index (χ1v) is 4.91. The van der Waals surface area contributed by atoms with E-state index in [-0.39, 0.29) is 12.4 Å². The van der Waals surface area contributed by atoms with E-state index in [1.54, 1.807) is 19.2 Å². The van der Waals surface area contributed by atoms with Gasteiger partial charge in [0.05, 0.1) is 13.7 Å². The Morgan fingerprint density at radius 1 is 1.18 bits per heavy atom. The maximum atomic E-state index is 11.8. The van der Waals surface area contributed by atoms with Gasteiger partial charge in [0.15, 0.2) is 0 Å². The molecule has 0 fully saturated rings. The molecule has 0 aliphatic carbocycles. The lowest BCUT2D eigenvalue weighted by atomic mass is 10.1. The SMILES string of the molecule is COc1ccc(CCNCC(F)(F)F)cc1.Cl. The number of rotatable bonds is 5. The van der Waals surface area contributed by atoms with Crippen LogP contribution in [-0.4, -0.2) is 26.4 Å². The van der Waals surface area contributed by atoms with Crippen molar-refractivity contribution in [2.45, 2.75) is 12.6 Å². The van der Waals surface area contributed by atoms with Crippen molar-refractivity contribution in [2.24, 2.45) is 0 Å². The van der Waals surface area contributed by atoms with Gasteiger partial charge in [-0.1, -0.05) is 12.1 Å². The van der Waals surface area contributed by atoms with Gasteiger partial charge in [-0.3, -0.25) is 0 Å². The van der Waals surface area contributed by atoms with E-state index < -0.39 is 12.7 Å². The van der Waals surface area contributed by atoms with Crippen LogP contribution in [0.2, 0.25) is 0 Å². The molecule has 0 aromatic heterocycles. The van der Waals surface area contributed by atoms with Crippen molar-refractivity contribution in [3.05, 3.63) is 29.8 Å². The lowest BCUT2D eigenvalue weighted by molar-refractivity contribution is -0.124. The fraction of sp³-hybridized carbons (Fsp3) is 0.455. The summed E-state index contributed by atoms with van der Waals surface area (Å²) in [5.41, 5.74) is 0.982. The Morgan fingerprint density at radius 2 is 1.76 bits per heavy atom. The zero-order chi connectivity index (χ0) is 12.0. The van der Waals surface area contributed by atoms with Crippen molar-refractivity contribution in [1.82, 2.24) is 5.32 Å². The van der Waals surface area contributed by atoms with E-state index in [9.17, 15) is 13.2 Å².